The van der Waals surface area contributed by atoms with E-state index in [0.29, 0.717) is 5.69 Å². The van der Waals surface area contributed by atoms with Crippen LogP contribution in [-0.2, 0) is 0 Å². The Kier molecular flexibility index (Phi) is 4.96. The third-order valence-corrected chi connectivity index (χ3v) is 5.86. The number of amides is 1. The van der Waals surface area contributed by atoms with Crippen LogP contribution in [0.15, 0.2) is 60.4 Å². The van der Waals surface area contributed by atoms with Crippen molar-refractivity contribution in [3.8, 4) is 11.3 Å². The Hall–Kier alpha value is -2.99. The van der Waals surface area contributed by atoms with E-state index in [4.69, 9.17) is 4.98 Å². The molecule has 0 saturated heterocycles. The van der Waals surface area contributed by atoms with Crippen molar-refractivity contribution < 1.29 is 4.79 Å². The number of carbonyl (C=O) groups is 1. The van der Waals surface area contributed by atoms with Gasteiger partial charge in [-0.15, -0.1) is 11.3 Å². The molecular weight excluding hydrogens is 368 g/mol. The SMILES string of the molecule is CCC(c1cccnc1)N(C)C(=O)c1csc2nc(-c3ccc(C)cc3)cn12. The molecule has 0 bridgehead atoms. The molecule has 0 aliphatic carbocycles. The summed E-state index contributed by atoms with van der Waals surface area (Å²) in [6, 6.07) is 12.2. The molecule has 4 rings (SSSR count). The minimum atomic E-state index is -0.0187. The third-order valence-electron chi connectivity index (χ3n) is 5.02. The van der Waals surface area contributed by atoms with Crippen molar-refractivity contribution in [2.24, 2.45) is 0 Å². The minimum Gasteiger partial charge on any atom is -0.333 e. The van der Waals surface area contributed by atoms with Gasteiger partial charge in [0, 0.05) is 36.6 Å². The van der Waals surface area contributed by atoms with Crippen molar-refractivity contribution in [2.45, 2.75) is 26.3 Å². The van der Waals surface area contributed by atoms with Crippen LogP contribution in [0.3, 0.4) is 0 Å². The second-order valence-electron chi connectivity index (χ2n) is 6.89. The van der Waals surface area contributed by atoms with Crippen LogP contribution < -0.4 is 0 Å². The van der Waals surface area contributed by atoms with Gasteiger partial charge in [0.15, 0.2) is 4.96 Å². The molecule has 3 aromatic heterocycles. The fraction of sp³-hybridized carbons (Fsp3) is 0.227. The number of hydrogen-bond acceptors (Lipinski definition) is 4. The zero-order valence-corrected chi connectivity index (χ0v) is 17.0. The molecule has 28 heavy (non-hydrogen) atoms. The Bertz CT molecular complexity index is 1100. The number of imidazole rings is 1. The summed E-state index contributed by atoms with van der Waals surface area (Å²) in [6.07, 6.45) is 6.34. The predicted octanol–water partition coefficient (Wildman–Crippen LogP) is 4.99. The van der Waals surface area contributed by atoms with Crippen molar-refractivity contribution in [1.82, 2.24) is 19.3 Å². The average molecular weight is 391 g/mol. The van der Waals surface area contributed by atoms with E-state index in [9.17, 15) is 4.79 Å². The highest BCUT2D eigenvalue weighted by Crippen LogP contribution is 2.27. The summed E-state index contributed by atoms with van der Waals surface area (Å²) in [7, 11) is 1.85. The lowest BCUT2D eigenvalue weighted by Gasteiger charge is -2.27. The highest BCUT2D eigenvalue weighted by molar-refractivity contribution is 7.15. The van der Waals surface area contributed by atoms with Gasteiger partial charge in [-0.1, -0.05) is 42.8 Å². The molecule has 1 amide bonds. The molecule has 5 nitrogen and oxygen atoms in total. The van der Waals surface area contributed by atoms with Crippen LogP contribution in [0.5, 0.6) is 0 Å². The number of benzene rings is 1. The fourth-order valence-electron chi connectivity index (χ4n) is 3.43. The number of aromatic nitrogens is 3. The summed E-state index contributed by atoms with van der Waals surface area (Å²) >= 11 is 1.49. The molecule has 1 aromatic carbocycles. The van der Waals surface area contributed by atoms with Gasteiger partial charge in [-0.3, -0.25) is 14.2 Å². The fourth-order valence-corrected chi connectivity index (χ4v) is 4.28. The third kappa shape index (κ3) is 3.31. The molecule has 0 aliphatic rings. The molecule has 1 atom stereocenters. The number of rotatable bonds is 5. The molecule has 0 spiro atoms. The van der Waals surface area contributed by atoms with E-state index in [1.165, 1.54) is 16.9 Å². The van der Waals surface area contributed by atoms with E-state index >= 15 is 0 Å². The Morgan fingerprint density at radius 2 is 2.04 bits per heavy atom. The zero-order valence-electron chi connectivity index (χ0n) is 16.2. The first-order valence-corrected chi connectivity index (χ1v) is 10.2. The smallest absolute Gasteiger partial charge is 0.272 e. The quantitative estimate of drug-likeness (QED) is 0.482. The highest BCUT2D eigenvalue weighted by atomic mass is 32.1. The van der Waals surface area contributed by atoms with Crippen LogP contribution in [-0.4, -0.2) is 32.2 Å². The number of hydrogen-bond donors (Lipinski definition) is 0. The lowest BCUT2D eigenvalue weighted by Crippen LogP contribution is -2.31. The summed E-state index contributed by atoms with van der Waals surface area (Å²) in [5.74, 6) is -0.0187. The van der Waals surface area contributed by atoms with Crippen LogP contribution >= 0.6 is 11.3 Å². The van der Waals surface area contributed by atoms with Crippen molar-refractivity contribution >= 4 is 22.2 Å². The van der Waals surface area contributed by atoms with Gasteiger partial charge in [-0.05, 0) is 25.0 Å². The van der Waals surface area contributed by atoms with Gasteiger partial charge < -0.3 is 4.90 Å². The maximum Gasteiger partial charge on any atom is 0.272 e. The van der Waals surface area contributed by atoms with Gasteiger partial charge in [0.05, 0.1) is 11.7 Å². The Labute approximate surface area is 168 Å². The molecule has 4 aromatic rings. The van der Waals surface area contributed by atoms with Crippen LogP contribution in [0.4, 0.5) is 0 Å². The normalized spacial score (nSPS) is 12.2. The topological polar surface area (TPSA) is 50.5 Å². The Morgan fingerprint density at radius 3 is 2.71 bits per heavy atom. The zero-order chi connectivity index (χ0) is 19.7. The largest absolute Gasteiger partial charge is 0.333 e. The second-order valence-corrected chi connectivity index (χ2v) is 7.73. The van der Waals surface area contributed by atoms with Crippen LogP contribution in [0.2, 0.25) is 0 Å². The number of nitrogens with zero attached hydrogens (tertiary/aromatic N) is 4. The van der Waals surface area contributed by atoms with E-state index in [-0.39, 0.29) is 11.9 Å². The van der Waals surface area contributed by atoms with Crippen molar-refractivity contribution in [3.05, 3.63) is 77.2 Å². The number of aryl methyl sites for hydroxylation is 1. The minimum absolute atomic E-state index is 0.0174. The average Bonchev–Trinajstić information content (AvgIpc) is 3.30. The Morgan fingerprint density at radius 1 is 1.25 bits per heavy atom. The molecular formula is C22H22N4OS. The van der Waals surface area contributed by atoms with Crippen molar-refractivity contribution in [1.29, 1.82) is 0 Å². The van der Waals surface area contributed by atoms with E-state index in [0.717, 1.165) is 28.2 Å². The first-order valence-electron chi connectivity index (χ1n) is 9.29. The lowest BCUT2D eigenvalue weighted by atomic mass is 10.1. The van der Waals surface area contributed by atoms with E-state index < -0.39 is 0 Å². The van der Waals surface area contributed by atoms with E-state index in [1.54, 1.807) is 11.1 Å². The van der Waals surface area contributed by atoms with Gasteiger partial charge in [-0.25, -0.2) is 4.98 Å². The molecule has 6 heteroatoms. The molecule has 0 radical (unpaired) electrons. The maximum atomic E-state index is 13.2. The summed E-state index contributed by atoms with van der Waals surface area (Å²) in [5.41, 5.74) is 4.81. The molecule has 0 aliphatic heterocycles. The van der Waals surface area contributed by atoms with Gasteiger partial charge in [0.2, 0.25) is 0 Å². The Balaban J connectivity index is 1.66. The lowest BCUT2D eigenvalue weighted by molar-refractivity contribution is 0.0719. The number of carbonyl (C=O) groups excluding carboxylic acids is 1. The summed E-state index contributed by atoms with van der Waals surface area (Å²) in [6.45, 7) is 4.14. The standard InChI is InChI=1S/C22H22N4OS/c1-4-19(17-6-5-11-23-12-17)25(3)21(27)20-14-28-22-24-18(13-26(20)22)16-9-7-15(2)8-10-16/h5-14,19H,4H2,1-3H3. The van der Waals surface area contributed by atoms with Gasteiger partial charge in [0.1, 0.15) is 5.69 Å². The van der Waals surface area contributed by atoms with Gasteiger partial charge in [-0.2, -0.15) is 0 Å². The highest BCUT2D eigenvalue weighted by Gasteiger charge is 2.24. The molecule has 0 N–H and O–H groups in total. The van der Waals surface area contributed by atoms with Gasteiger partial charge >= 0.3 is 0 Å². The monoisotopic (exact) mass is 390 g/mol. The molecule has 0 fully saturated rings. The first kappa shape index (κ1) is 18.4. The van der Waals surface area contributed by atoms with Crippen LogP contribution in [0.25, 0.3) is 16.2 Å². The second kappa shape index (κ2) is 7.56. The van der Waals surface area contributed by atoms with Gasteiger partial charge in [0.25, 0.3) is 5.91 Å². The molecule has 0 saturated carbocycles. The first-order chi connectivity index (χ1) is 13.6. The summed E-state index contributed by atoms with van der Waals surface area (Å²) < 4.78 is 1.90. The van der Waals surface area contributed by atoms with Crippen LogP contribution in [0, 0.1) is 6.92 Å². The van der Waals surface area contributed by atoms with E-state index in [2.05, 4.69) is 43.1 Å². The van der Waals surface area contributed by atoms with Crippen molar-refractivity contribution in [3.63, 3.8) is 0 Å². The molecule has 1 unspecified atom stereocenters. The summed E-state index contributed by atoms with van der Waals surface area (Å²) in [5, 5.41) is 1.88. The summed E-state index contributed by atoms with van der Waals surface area (Å²) in [4.78, 5) is 24.8. The molecule has 3 heterocycles. The predicted molar refractivity (Wildman–Crippen MR) is 113 cm³/mol. The van der Waals surface area contributed by atoms with Crippen LogP contribution in [0.1, 0.15) is 41.0 Å². The van der Waals surface area contributed by atoms with Crippen molar-refractivity contribution in [2.75, 3.05) is 7.05 Å². The number of fused-ring (bicyclic) bond motifs is 1. The number of thiazole rings is 1. The van der Waals surface area contributed by atoms with E-state index in [1.807, 2.05) is 41.4 Å². The molecule has 142 valence electrons. The number of pyridine rings is 1. The maximum absolute atomic E-state index is 13.2.